The number of carbonyl (C=O) groups is 2. The number of nitrogens with zero attached hydrogens (tertiary/aromatic N) is 3. The number of carbonyl (C=O) groups excluding carboxylic acids is 1. The first-order chi connectivity index (χ1) is 12.2. The van der Waals surface area contributed by atoms with Crippen molar-refractivity contribution < 1.29 is 24.4 Å². The quantitative estimate of drug-likeness (QED) is 0.417. The van der Waals surface area contributed by atoms with Gasteiger partial charge in [-0.1, -0.05) is 0 Å². The second-order valence-corrected chi connectivity index (χ2v) is 6.34. The first kappa shape index (κ1) is 19.6. The molecule has 3 N–H and O–H groups in total. The number of nitrogen functional groups attached to an aromatic ring is 1. The summed E-state index contributed by atoms with van der Waals surface area (Å²) in [6, 6.07) is 2.86. The molecule has 10 heteroatoms. The summed E-state index contributed by atoms with van der Waals surface area (Å²) in [6.07, 6.45) is -0.349. The molecule has 0 aliphatic carbocycles. The molecule has 0 saturated carbocycles. The lowest BCUT2D eigenvalue weighted by atomic mass is 10.1. The number of nitro groups is 1. The molecule has 26 heavy (non-hydrogen) atoms. The molecule has 1 heterocycles. The number of carboxylic acids is 1. The molecule has 0 radical (unpaired) electrons. The van der Waals surface area contributed by atoms with Crippen LogP contribution >= 0.6 is 0 Å². The van der Waals surface area contributed by atoms with Gasteiger partial charge in [0.2, 0.25) is 0 Å². The topological polar surface area (TPSA) is 139 Å². The van der Waals surface area contributed by atoms with Crippen LogP contribution in [0.15, 0.2) is 12.1 Å². The van der Waals surface area contributed by atoms with Crippen LogP contribution in [0.4, 0.5) is 11.4 Å². The van der Waals surface area contributed by atoms with Crippen LogP contribution in [0.5, 0.6) is 0 Å². The van der Waals surface area contributed by atoms with Gasteiger partial charge in [-0.05, 0) is 25.6 Å². The molecule has 142 valence electrons. The summed E-state index contributed by atoms with van der Waals surface area (Å²) in [5, 5.41) is 19.9. The number of nitro benzene ring substituents is 1. The van der Waals surface area contributed by atoms with Crippen molar-refractivity contribution in [2.75, 3.05) is 45.6 Å². The number of aryl methyl sites for hydroxylation is 1. The molecule has 1 atom stereocenters. The fourth-order valence-electron chi connectivity index (χ4n) is 2.93. The van der Waals surface area contributed by atoms with E-state index in [0.717, 1.165) is 0 Å². The van der Waals surface area contributed by atoms with Gasteiger partial charge in [-0.25, -0.2) is 0 Å². The molecule has 0 spiro atoms. The Morgan fingerprint density at radius 2 is 2.19 bits per heavy atom. The highest BCUT2D eigenvalue weighted by Gasteiger charge is 2.29. The lowest BCUT2D eigenvalue weighted by Crippen LogP contribution is -2.49. The lowest BCUT2D eigenvalue weighted by molar-refractivity contribution is -0.384. The van der Waals surface area contributed by atoms with Crippen molar-refractivity contribution in [2.24, 2.45) is 0 Å². The minimum atomic E-state index is -0.948. The molecule has 1 aliphatic rings. The van der Waals surface area contributed by atoms with Gasteiger partial charge in [-0.3, -0.25) is 24.6 Å². The van der Waals surface area contributed by atoms with E-state index in [1.54, 1.807) is 18.9 Å². The lowest BCUT2D eigenvalue weighted by Gasteiger charge is -2.34. The third-order valence-electron chi connectivity index (χ3n) is 4.08. The summed E-state index contributed by atoms with van der Waals surface area (Å²) in [5.41, 5.74) is 6.05. The number of ether oxygens (including phenoxy) is 1. The van der Waals surface area contributed by atoms with Crippen molar-refractivity contribution in [3.8, 4) is 0 Å². The monoisotopic (exact) mass is 366 g/mol. The van der Waals surface area contributed by atoms with E-state index in [1.807, 2.05) is 0 Å². The van der Waals surface area contributed by atoms with Crippen molar-refractivity contribution in [1.29, 1.82) is 0 Å². The molecule has 1 aromatic rings. The maximum atomic E-state index is 12.8. The van der Waals surface area contributed by atoms with E-state index >= 15 is 0 Å². The summed E-state index contributed by atoms with van der Waals surface area (Å²) in [7, 11) is 1.65. The van der Waals surface area contributed by atoms with Crippen LogP contribution < -0.4 is 5.73 Å². The van der Waals surface area contributed by atoms with Gasteiger partial charge >= 0.3 is 5.97 Å². The summed E-state index contributed by atoms with van der Waals surface area (Å²) < 4.78 is 5.59. The van der Waals surface area contributed by atoms with Crippen LogP contribution in [-0.2, 0) is 9.53 Å². The molecule has 1 saturated heterocycles. The Morgan fingerprint density at radius 1 is 1.50 bits per heavy atom. The molecule has 1 fully saturated rings. The average molecular weight is 366 g/mol. The molecule has 1 aromatic carbocycles. The highest BCUT2D eigenvalue weighted by atomic mass is 16.6. The van der Waals surface area contributed by atoms with E-state index in [1.165, 1.54) is 17.0 Å². The van der Waals surface area contributed by atoms with Crippen LogP contribution in [-0.4, -0.2) is 77.6 Å². The van der Waals surface area contributed by atoms with Gasteiger partial charge in [-0.15, -0.1) is 0 Å². The van der Waals surface area contributed by atoms with E-state index < -0.39 is 16.8 Å². The zero-order chi connectivity index (χ0) is 19.4. The van der Waals surface area contributed by atoms with E-state index in [9.17, 15) is 19.7 Å². The zero-order valence-corrected chi connectivity index (χ0v) is 14.7. The van der Waals surface area contributed by atoms with Crippen molar-refractivity contribution in [2.45, 2.75) is 13.0 Å². The van der Waals surface area contributed by atoms with E-state index in [2.05, 4.69) is 0 Å². The van der Waals surface area contributed by atoms with Crippen LogP contribution in [0, 0.1) is 17.0 Å². The van der Waals surface area contributed by atoms with Gasteiger partial charge in [0.15, 0.2) is 0 Å². The van der Waals surface area contributed by atoms with E-state index in [4.69, 9.17) is 15.6 Å². The Labute approximate surface area is 150 Å². The Morgan fingerprint density at radius 3 is 2.81 bits per heavy atom. The normalized spacial score (nSPS) is 17.3. The molecule has 0 aromatic heterocycles. The zero-order valence-electron chi connectivity index (χ0n) is 14.7. The summed E-state index contributed by atoms with van der Waals surface area (Å²) in [6.45, 7) is 2.75. The number of carboxylic acid groups (broad SMARTS) is 1. The SMILES string of the molecule is Cc1cc(C(=O)N2CCOC(CN(C)CC(=O)O)C2)c(N)c([N+](=O)[O-])c1. The minimum Gasteiger partial charge on any atom is -0.480 e. The standard InChI is InChI=1S/C16H22N4O6/c1-10-5-12(15(17)13(6-10)20(24)25)16(23)19-3-4-26-11(8-19)7-18(2)9-14(21)22/h5-6,11H,3-4,7-9,17H2,1-2H3,(H,21,22). The van der Waals surface area contributed by atoms with Crippen molar-refractivity contribution >= 4 is 23.3 Å². The largest absolute Gasteiger partial charge is 0.480 e. The number of hydrogen-bond acceptors (Lipinski definition) is 7. The number of morpholine rings is 1. The summed E-state index contributed by atoms with van der Waals surface area (Å²) in [5.74, 6) is -1.35. The van der Waals surface area contributed by atoms with Crippen LogP contribution in [0.1, 0.15) is 15.9 Å². The summed E-state index contributed by atoms with van der Waals surface area (Å²) in [4.78, 5) is 37.2. The minimum absolute atomic E-state index is 0.0937. The van der Waals surface area contributed by atoms with Crippen LogP contribution in [0.2, 0.25) is 0 Å². The van der Waals surface area contributed by atoms with Crippen molar-refractivity contribution in [3.63, 3.8) is 0 Å². The number of amides is 1. The van der Waals surface area contributed by atoms with Gasteiger partial charge in [-0.2, -0.15) is 0 Å². The second-order valence-electron chi connectivity index (χ2n) is 6.34. The highest BCUT2D eigenvalue weighted by molar-refractivity contribution is 6.01. The maximum absolute atomic E-state index is 12.8. The molecule has 1 unspecified atom stereocenters. The van der Waals surface area contributed by atoms with Gasteiger partial charge in [0, 0.05) is 25.7 Å². The number of rotatable bonds is 6. The van der Waals surface area contributed by atoms with Gasteiger partial charge < -0.3 is 20.5 Å². The van der Waals surface area contributed by atoms with E-state index in [0.29, 0.717) is 25.3 Å². The number of aliphatic carboxylic acids is 1. The van der Waals surface area contributed by atoms with Crippen LogP contribution in [0.3, 0.4) is 0 Å². The van der Waals surface area contributed by atoms with E-state index in [-0.39, 0.29) is 36.1 Å². The molecular weight excluding hydrogens is 344 g/mol. The highest BCUT2D eigenvalue weighted by Crippen LogP contribution is 2.28. The Hall–Kier alpha value is -2.72. The van der Waals surface area contributed by atoms with Gasteiger partial charge in [0.05, 0.1) is 29.7 Å². The fraction of sp³-hybridized carbons (Fsp3) is 0.500. The molecule has 1 amide bonds. The van der Waals surface area contributed by atoms with Crippen LogP contribution in [0.25, 0.3) is 0 Å². The maximum Gasteiger partial charge on any atom is 0.317 e. The third-order valence-corrected chi connectivity index (χ3v) is 4.08. The number of anilines is 1. The molecule has 1 aliphatic heterocycles. The van der Waals surface area contributed by atoms with Gasteiger partial charge in [0.25, 0.3) is 11.6 Å². The fourth-order valence-corrected chi connectivity index (χ4v) is 2.93. The van der Waals surface area contributed by atoms with Gasteiger partial charge in [0.1, 0.15) is 5.69 Å². The number of hydrogen-bond donors (Lipinski definition) is 2. The molecule has 2 rings (SSSR count). The molecule has 0 bridgehead atoms. The first-order valence-electron chi connectivity index (χ1n) is 8.04. The summed E-state index contributed by atoms with van der Waals surface area (Å²) >= 11 is 0. The van der Waals surface area contributed by atoms with Crippen molar-refractivity contribution in [3.05, 3.63) is 33.4 Å². The average Bonchev–Trinajstić information content (AvgIpc) is 2.55. The Kier molecular flexibility index (Phi) is 6.11. The predicted octanol–water partition coefficient (Wildman–Crippen LogP) is 0.343. The first-order valence-corrected chi connectivity index (χ1v) is 8.04. The smallest absolute Gasteiger partial charge is 0.317 e. The predicted molar refractivity (Wildman–Crippen MR) is 93.0 cm³/mol. The second kappa shape index (κ2) is 8.11. The van der Waals surface area contributed by atoms with Crippen molar-refractivity contribution in [1.82, 2.24) is 9.80 Å². The molecular formula is C16H22N4O6. The number of likely N-dealkylation sites (N-methyl/N-ethyl adjacent to an activating group) is 1. The third kappa shape index (κ3) is 4.67. The number of nitrogens with two attached hydrogens (primary N) is 1. The molecule has 10 nitrogen and oxygen atoms in total. The Bertz CT molecular complexity index is 723. The Balaban J connectivity index is 2.14. The number of benzene rings is 1.